The minimum absolute atomic E-state index is 0.00387. The van der Waals surface area contributed by atoms with Crippen molar-refractivity contribution in [2.45, 2.75) is 0 Å². The maximum absolute atomic E-state index is 11.2. The third-order valence-electron chi connectivity index (χ3n) is 2.43. The fourth-order valence-corrected chi connectivity index (χ4v) is 2.15. The average molecular weight is 317 g/mol. The highest BCUT2D eigenvalue weighted by Gasteiger charge is 2.12. The number of sulfone groups is 1. The summed E-state index contributed by atoms with van der Waals surface area (Å²) in [6.07, 6.45) is 4.44. The van der Waals surface area contributed by atoms with E-state index in [0.29, 0.717) is 5.95 Å². The summed E-state index contributed by atoms with van der Waals surface area (Å²) in [4.78, 5) is 13.7. The molecule has 0 saturated heterocycles. The SMILES string of the molecule is CN(CCS(C)(=O)=O)c1nc(Cl)nc(-n2cccn2)n1. The van der Waals surface area contributed by atoms with E-state index in [4.69, 9.17) is 11.6 Å². The molecule has 108 valence electrons. The number of halogens is 1. The molecule has 2 aromatic heterocycles. The largest absolute Gasteiger partial charge is 0.343 e. The molecule has 0 amide bonds. The van der Waals surface area contributed by atoms with Gasteiger partial charge >= 0.3 is 0 Å². The summed E-state index contributed by atoms with van der Waals surface area (Å²) in [5.74, 6) is 0.569. The van der Waals surface area contributed by atoms with E-state index in [1.807, 2.05) is 0 Å². The summed E-state index contributed by atoms with van der Waals surface area (Å²) in [6, 6.07) is 1.73. The van der Waals surface area contributed by atoms with E-state index < -0.39 is 9.84 Å². The molecule has 0 atom stereocenters. The van der Waals surface area contributed by atoms with Crippen LogP contribution in [0.3, 0.4) is 0 Å². The van der Waals surface area contributed by atoms with Crippen molar-refractivity contribution in [1.29, 1.82) is 0 Å². The number of anilines is 1. The molecule has 0 fully saturated rings. The summed E-state index contributed by atoms with van der Waals surface area (Å²) in [7, 11) is -1.37. The zero-order chi connectivity index (χ0) is 14.8. The lowest BCUT2D eigenvalue weighted by atomic mass is 10.6. The summed E-state index contributed by atoms with van der Waals surface area (Å²) in [6.45, 7) is 0.262. The smallest absolute Gasteiger partial charge is 0.256 e. The highest BCUT2D eigenvalue weighted by molar-refractivity contribution is 7.90. The van der Waals surface area contributed by atoms with Crippen molar-refractivity contribution in [3.63, 3.8) is 0 Å². The highest BCUT2D eigenvalue weighted by atomic mass is 35.5. The number of hydrogen-bond donors (Lipinski definition) is 0. The van der Waals surface area contributed by atoms with Gasteiger partial charge in [0.1, 0.15) is 9.84 Å². The van der Waals surface area contributed by atoms with E-state index >= 15 is 0 Å². The Morgan fingerprint density at radius 3 is 2.70 bits per heavy atom. The average Bonchev–Trinajstić information content (AvgIpc) is 2.88. The molecule has 0 aliphatic carbocycles. The van der Waals surface area contributed by atoms with Gasteiger partial charge in [-0.05, 0) is 17.7 Å². The Labute approximate surface area is 121 Å². The van der Waals surface area contributed by atoms with E-state index in [-0.39, 0.29) is 23.5 Å². The van der Waals surface area contributed by atoms with Crippen molar-refractivity contribution in [2.75, 3.05) is 30.5 Å². The van der Waals surface area contributed by atoms with Crippen LogP contribution in [0, 0.1) is 0 Å². The monoisotopic (exact) mass is 316 g/mol. The zero-order valence-electron chi connectivity index (χ0n) is 10.9. The molecule has 20 heavy (non-hydrogen) atoms. The second-order valence-electron chi connectivity index (χ2n) is 4.21. The Kier molecular flexibility index (Phi) is 4.19. The molecule has 0 radical (unpaired) electrons. The third-order valence-corrected chi connectivity index (χ3v) is 3.53. The summed E-state index contributed by atoms with van der Waals surface area (Å²) in [5, 5.41) is 4.02. The van der Waals surface area contributed by atoms with E-state index in [1.54, 1.807) is 30.4 Å². The molecule has 0 bridgehead atoms. The number of hydrogen-bond acceptors (Lipinski definition) is 7. The Balaban J connectivity index is 2.24. The van der Waals surface area contributed by atoms with E-state index in [9.17, 15) is 8.42 Å². The lowest BCUT2D eigenvalue weighted by Gasteiger charge is -2.16. The van der Waals surface area contributed by atoms with Crippen molar-refractivity contribution in [1.82, 2.24) is 24.7 Å². The fraction of sp³-hybridized carbons (Fsp3) is 0.400. The van der Waals surface area contributed by atoms with Gasteiger partial charge in [0.15, 0.2) is 0 Å². The fourth-order valence-electron chi connectivity index (χ4n) is 1.39. The van der Waals surface area contributed by atoms with Crippen LogP contribution in [0.25, 0.3) is 5.95 Å². The predicted molar refractivity (Wildman–Crippen MR) is 74.9 cm³/mol. The standard InChI is InChI=1S/C10H13ClN6O2S/c1-16(6-7-20(2,18)19)9-13-8(11)14-10(15-9)17-5-3-4-12-17/h3-5H,6-7H2,1-2H3. The van der Waals surface area contributed by atoms with Crippen LogP contribution < -0.4 is 4.90 Å². The van der Waals surface area contributed by atoms with Crippen LogP contribution in [0.2, 0.25) is 5.28 Å². The van der Waals surface area contributed by atoms with Crippen LogP contribution in [0.1, 0.15) is 0 Å². The van der Waals surface area contributed by atoms with Gasteiger partial charge in [-0.2, -0.15) is 20.1 Å². The minimum Gasteiger partial charge on any atom is -0.343 e. The quantitative estimate of drug-likeness (QED) is 0.777. The molecule has 2 rings (SSSR count). The Bertz CT molecular complexity index is 688. The van der Waals surface area contributed by atoms with E-state index in [0.717, 1.165) is 0 Å². The predicted octanol–water partition coefficient (Wildman–Crippen LogP) is 0.192. The number of nitrogens with zero attached hydrogens (tertiary/aromatic N) is 6. The molecule has 2 heterocycles. The second kappa shape index (κ2) is 5.71. The van der Waals surface area contributed by atoms with Crippen molar-refractivity contribution in [3.8, 4) is 5.95 Å². The summed E-state index contributed by atoms with van der Waals surface area (Å²) in [5.41, 5.74) is 0. The van der Waals surface area contributed by atoms with E-state index in [1.165, 1.54) is 10.9 Å². The molecular formula is C10H13ClN6O2S. The van der Waals surface area contributed by atoms with Crippen LogP contribution >= 0.6 is 11.6 Å². The third kappa shape index (κ3) is 3.87. The molecule has 2 aromatic rings. The molecule has 0 spiro atoms. The zero-order valence-corrected chi connectivity index (χ0v) is 12.5. The normalized spacial score (nSPS) is 11.6. The lowest BCUT2D eigenvalue weighted by Crippen LogP contribution is -2.27. The van der Waals surface area contributed by atoms with Crippen molar-refractivity contribution in [3.05, 3.63) is 23.7 Å². The van der Waals surface area contributed by atoms with Crippen LogP contribution in [-0.4, -0.2) is 58.8 Å². The molecule has 8 nitrogen and oxygen atoms in total. The van der Waals surface area contributed by atoms with Gasteiger partial charge in [0.25, 0.3) is 5.95 Å². The first-order valence-corrected chi connectivity index (χ1v) is 8.09. The van der Waals surface area contributed by atoms with Gasteiger partial charge < -0.3 is 4.90 Å². The van der Waals surface area contributed by atoms with E-state index in [2.05, 4.69) is 20.1 Å². The van der Waals surface area contributed by atoms with Gasteiger partial charge in [-0.25, -0.2) is 13.1 Å². The van der Waals surface area contributed by atoms with Crippen LogP contribution in [0.5, 0.6) is 0 Å². The molecule has 0 N–H and O–H groups in total. The molecule has 0 unspecified atom stereocenters. The van der Waals surface area contributed by atoms with Gasteiger partial charge in [-0.3, -0.25) is 0 Å². The van der Waals surface area contributed by atoms with Crippen LogP contribution in [0.15, 0.2) is 18.5 Å². The molecular weight excluding hydrogens is 304 g/mol. The first kappa shape index (κ1) is 14.7. The Morgan fingerprint density at radius 2 is 2.10 bits per heavy atom. The number of rotatable bonds is 5. The van der Waals surface area contributed by atoms with Gasteiger partial charge in [0.2, 0.25) is 11.2 Å². The second-order valence-corrected chi connectivity index (χ2v) is 6.80. The van der Waals surface area contributed by atoms with Crippen molar-refractivity contribution in [2.24, 2.45) is 0 Å². The lowest BCUT2D eigenvalue weighted by molar-refractivity contribution is 0.600. The topological polar surface area (TPSA) is 93.9 Å². The van der Waals surface area contributed by atoms with Gasteiger partial charge in [-0.15, -0.1) is 0 Å². The van der Waals surface area contributed by atoms with Crippen LogP contribution in [0.4, 0.5) is 5.95 Å². The molecule has 0 aliphatic heterocycles. The van der Waals surface area contributed by atoms with Gasteiger partial charge in [0.05, 0.1) is 5.75 Å². The molecule has 0 aliphatic rings. The Hall–Kier alpha value is -1.74. The van der Waals surface area contributed by atoms with Crippen LogP contribution in [-0.2, 0) is 9.84 Å². The first-order chi connectivity index (χ1) is 9.35. The molecule has 10 heteroatoms. The van der Waals surface area contributed by atoms with Gasteiger partial charge in [-0.1, -0.05) is 0 Å². The summed E-state index contributed by atoms with van der Waals surface area (Å²) >= 11 is 5.85. The maximum atomic E-state index is 11.2. The molecule has 0 aromatic carbocycles. The minimum atomic E-state index is -3.05. The van der Waals surface area contributed by atoms with Gasteiger partial charge in [0, 0.05) is 32.2 Å². The van der Waals surface area contributed by atoms with Crippen molar-refractivity contribution >= 4 is 27.4 Å². The highest BCUT2D eigenvalue weighted by Crippen LogP contribution is 2.11. The first-order valence-electron chi connectivity index (χ1n) is 5.65. The van der Waals surface area contributed by atoms with Crippen molar-refractivity contribution < 1.29 is 8.42 Å². The molecule has 0 saturated carbocycles. The number of aromatic nitrogens is 5. The Morgan fingerprint density at radius 1 is 1.35 bits per heavy atom. The summed E-state index contributed by atoms with van der Waals surface area (Å²) < 4.78 is 23.8. The maximum Gasteiger partial charge on any atom is 0.256 e.